The fourth-order valence-electron chi connectivity index (χ4n) is 2.39. The first-order valence-electron chi connectivity index (χ1n) is 8.93. The molecule has 2 heteroatoms. The average Bonchev–Trinajstić information content (AvgIpc) is 2.46. The Morgan fingerprint density at radius 2 is 1.45 bits per heavy atom. The highest BCUT2D eigenvalue weighted by atomic mass is 16.3. The van der Waals surface area contributed by atoms with Gasteiger partial charge in [0.05, 0.1) is 0 Å². The Bertz CT molecular complexity index is 364. The molecule has 0 aromatic heterocycles. The lowest BCUT2D eigenvalue weighted by Crippen LogP contribution is -1.87. The van der Waals surface area contributed by atoms with Gasteiger partial charge >= 0.3 is 0 Å². The Hall–Kier alpha value is -1.02. The summed E-state index contributed by atoms with van der Waals surface area (Å²) in [6.07, 6.45) is 10.4. The summed E-state index contributed by atoms with van der Waals surface area (Å²) in [4.78, 5) is 0. The first-order valence-corrected chi connectivity index (χ1v) is 8.93. The highest BCUT2D eigenvalue weighted by Gasteiger charge is 2.03. The summed E-state index contributed by atoms with van der Waals surface area (Å²) >= 11 is 0. The smallest absolute Gasteiger partial charge is 0.119 e. The van der Waals surface area contributed by atoms with Crippen molar-refractivity contribution in [3.8, 4) is 5.75 Å². The van der Waals surface area contributed by atoms with Gasteiger partial charge < -0.3 is 10.2 Å². The number of aliphatic hydroxyl groups is 1. The van der Waals surface area contributed by atoms with Crippen LogP contribution in [-0.4, -0.2) is 16.8 Å². The monoisotopic (exact) mass is 308 g/mol. The first kappa shape index (κ1) is 21.0. The van der Waals surface area contributed by atoms with Crippen LogP contribution in [0.15, 0.2) is 18.2 Å². The molecule has 0 fully saturated rings. The number of aryl methyl sites for hydroxylation is 1. The first-order chi connectivity index (χ1) is 10.5. The van der Waals surface area contributed by atoms with Gasteiger partial charge in [0, 0.05) is 6.61 Å². The van der Waals surface area contributed by atoms with E-state index in [1.807, 2.05) is 19.1 Å². The van der Waals surface area contributed by atoms with Gasteiger partial charge in [0.2, 0.25) is 0 Å². The molecule has 0 bridgehead atoms. The zero-order valence-corrected chi connectivity index (χ0v) is 15.1. The second-order valence-corrected chi connectivity index (χ2v) is 6.42. The van der Waals surface area contributed by atoms with Crippen LogP contribution in [0.2, 0.25) is 0 Å². The summed E-state index contributed by atoms with van der Waals surface area (Å²) in [6.45, 7) is 8.74. The van der Waals surface area contributed by atoms with Crippen LogP contribution >= 0.6 is 0 Å². The summed E-state index contributed by atoms with van der Waals surface area (Å²) in [5.74, 6) is 0.815. The molecule has 2 nitrogen and oxygen atoms in total. The van der Waals surface area contributed by atoms with Crippen molar-refractivity contribution in [1.29, 1.82) is 0 Å². The molecule has 1 rings (SSSR count). The standard InChI is InChI=1S/C10H14O.C10H22O/c1-7(2)9-5-4-8(3)6-10(9)11;1-2-3-4-5-6-7-8-9-10-11/h4-7,11H,1-3H3;11H,2-10H2,1H3. The number of unbranched alkanes of at least 4 members (excludes halogenated alkanes) is 7. The predicted octanol–water partition coefficient (Wildman–Crippen LogP) is 5.94. The third-order valence-electron chi connectivity index (χ3n) is 3.82. The quantitative estimate of drug-likeness (QED) is 0.554. The molecule has 0 heterocycles. The van der Waals surface area contributed by atoms with Crippen molar-refractivity contribution in [2.75, 3.05) is 6.61 Å². The molecule has 0 unspecified atom stereocenters. The molecule has 128 valence electrons. The predicted molar refractivity (Wildman–Crippen MR) is 96.6 cm³/mol. The fraction of sp³-hybridized carbons (Fsp3) is 0.700. The van der Waals surface area contributed by atoms with Crippen molar-refractivity contribution in [2.45, 2.75) is 85.0 Å². The number of phenols is 1. The summed E-state index contributed by atoms with van der Waals surface area (Å²) in [6, 6.07) is 5.81. The molecular formula is C20H36O2. The Kier molecular flexibility index (Phi) is 13.0. The van der Waals surface area contributed by atoms with Gasteiger partial charge in [-0.1, -0.05) is 77.8 Å². The largest absolute Gasteiger partial charge is 0.508 e. The second-order valence-electron chi connectivity index (χ2n) is 6.42. The van der Waals surface area contributed by atoms with Crippen LogP contribution in [0.5, 0.6) is 5.75 Å². The van der Waals surface area contributed by atoms with E-state index in [2.05, 4.69) is 20.8 Å². The SMILES string of the molecule is CCCCCCCCCCO.Cc1ccc(C(C)C)c(O)c1. The molecule has 0 amide bonds. The number of rotatable bonds is 9. The lowest BCUT2D eigenvalue weighted by Gasteiger charge is -2.07. The maximum atomic E-state index is 9.46. The Morgan fingerprint density at radius 3 is 1.91 bits per heavy atom. The van der Waals surface area contributed by atoms with E-state index in [-0.39, 0.29) is 0 Å². The lowest BCUT2D eigenvalue weighted by molar-refractivity contribution is 0.282. The number of phenolic OH excluding ortho intramolecular Hbond substituents is 1. The van der Waals surface area contributed by atoms with E-state index in [0.29, 0.717) is 18.3 Å². The second kappa shape index (κ2) is 13.6. The zero-order chi connectivity index (χ0) is 16.8. The summed E-state index contributed by atoms with van der Waals surface area (Å²) in [5, 5.41) is 18.0. The van der Waals surface area contributed by atoms with Gasteiger partial charge in [0.1, 0.15) is 5.75 Å². The highest BCUT2D eigenvalue weighted by molar-refractivity contribution is 5.37. The number of benzene rings is 1. The van der Waals surface area contributed by atoms with Crippen molar-refractivity contribution < 1.29 is 10.2 Å². The van der Waals surface area contributed by atoms with Gasteiger partial charge in [-0.25, -0.2) is 0 Å². The van der Waals surface area contributed by atoms with E-state index in [9.17, 15) is 5.11 Å². The molecule has 0 radical (unpaired) electrons. The maximum Gasteiger partial charge on any atom is 0.119 e. The summed E-state index contributed by atoms with van der Waals surface area (Å²) < 4.78 is 0. The number of hydrogen-bond donors (Lipinski definition) is 2. The van der Waals surface area contributed by atoms with Gasteiger partial charge in [-0.15, -0.1) is 0 Å². The molecule has 2 N–H and O–H groups in total. The molecule has 22 heavy (non-hydrogen) atoms. The minimum Gasteiger partial charge on any atom is -0.508 e. The van der Waals surface area contributed by atoms with Gasteiger partial charge in [-0.05, 0) is 36.5 Å². The molecule has 0 aliphatic heterocycles. The van der Waals surface area contributed by atoms with Crippen molar-refractivity contribution in [1.82, 2.24) is 0 Å². The Morgan fingerprint density at radius 1 is 0.909 bits per heavy atom. The lowest BCUT2D eigenvalue weighted by atomic mass is 10.0. The van der Waals surface area contributed by atoms with Gasteiger partial charge in [-0.3, -0.25) is 0 Å². The van der Waals surface area contributed by atoms with E-state index in [1.165, 1.54) is 44.9 Å². The van der Waals surface area contributed by atoms with Crippen LogP contribution in [0.3, 0.4) is 0 Å². The summed E-state index contributed by atoms with van der Waals surface area (Å²) in [5.41, 5.74) is 2.13. The number of hydrogen-bond acceptors (Lipinski definition) is 2. The third-order valence-corrected chi connectivity index (χ3v) is 3.82. The van der Waals surface area contributed by atoms with E-state index < -0.39 is 0 Å². The van der Waals surface area contributed by atoms with Crippen molar-refractivity contribution in [3.05, 3.63) is 29.3 Å². The summed E-state index contributed by atoms with van der Waals surface area (Å²) in [7, 11) is 0. The molecule has 0 spiro atoms. The molecule has 0 saturated heterocycles. The van der Waals surface area contributed by atoms with Crippen molar-refractivity contribution in [3.63, 3.8) is 0 Å². The molecule has 0 aliphatic rings. The van der Waals surface area contributed by atoms with Crippen molar-refractivity contribution in [2.24, 2.45) is 0 Å². The molecule has 0 atom stereocenters. The highest BCUT2D eigenvalue weighted by Crippen LogP contribution is 2.25. The number of aliphatic hydroxyl groups excluding tert-OH is 1. The van der Waals surface area contributed by atoms with Gasteiger partial charge in [0.25, 0.3) is 0 Å². The van der Waals surface area contributed by atoms with E-state index in [0.717, 1.165) is 17.5 Å². The van der Waals surface area contributed by atoms with E-state index >= 15 is 0 Å². The Balaban J connectivity index is 0.000000401. The average molecular weight is 309 g/mol. The Labute approximate surface area is 137 Å². The van der Waals surface area contributed by atoms with E-state index in [4.69, 9.17) is 5.11 Å². The fourth-order valence-corrected chi connectivity index (χ4v) is 2.39. The molecule has 0 saturated carbocycles. The molecular weight excluding hydrogens is 272 g/mol. The molecule has 1 aromatic carbocycles. The third kappa shape index (κ3) is 10.7. The van der Waals surface area contributed by atoms with Crippen LogP contribution in [0.1, 0.15) is 89.2 Å². The topological polar surface area (TPSA) is 40.5 Å². The van der Waals surface area contributed by atoms with Gasteiger partial charge in [0.15, 0.2) is 0 Å². The maximum absolute atomic E-state index is 9.46. The number of aromatic hydroxyl groups is 1. The minimum absolute atomic E-state index is 0.370. The zero-order valence-electron chi connectivity index (χ0n) is 15.1. The van der Waals surface area contributed by atoms with Crippen LogP contribution in [-0.2, 0) is 0 Å². The van der Waals surface area contributed by atoms with Crippen molar-refractivity contribution >= 4 is 0 Å². The van der Waals surface area contributed by atoms with Crippen LogP contribution < -0.4 is 0 Å². The molecule has 0 aliphatic carbocycles. The van der Waals surface area contributed by atoms with Crippen LogP contribution in [0.25, 0.3) is 0 Å². The van der Waals surface area contributed by atoms with Crippen LogP contribution in [0, 0.1) is 6.92 Å². The minimum atomic E-state index is 0.370. The normalized spacial score (nSPS) is 10.5. The van der Waals surface area contributed by atoms with Gasteiger partial charge in [-0.2, -0.15) is 0 Å². The molecule has 1 aromatic rings. The van der Waals surface area contributed by atoms with E-state index in [1.54, 1.807) is 6.07 Å². The van der Waals surface area contributed by atoms with Crippen LogP contribution in [0.4, 0.5) is 0 Å².